The summed E-state index contributed by atoms with van der Waals surface area (Å²) in [5.74, 6) is 0.753. The summed E-state index contributed by atoms with van der Waals surface area (Å²) >= 11 is 12.1. The normalized spacial score (nSPS) is 10.7. The summed E-state index contributed by atoms with van der Waals surface area (Å²) in [7, 11) is 0. The highest BCUT2D eigenvalue weighted by Crippen LogP contribution is 2.24. The summed E-state index contributed by atoms with van der Waals surface area (Å²) in [5.41, 5.74) is 1.01. The standard InChI is InChI=1S/C22H15Cl2FN4O2/c23-14-10-19(24)21(27-11-14)29-9-1-2-20(29)22(30)28-12-16-5-8-18(13-26-16)31-17-6-3-15(25)4-7-17/h1-11,13H,12H2,(H,28,30). The molecule has 0 aliphatic rings. The highest BCUT2D eigenvalue weighted by Gasteiger charge is 2.15. The Morgan fingerprint density at radius 2 is 1.81 bits per heavy atom. The predicted molar refractivity (Wildman–Crippen MR) is 115 cm³/mol. The molecule has 0 spiro atoms. The molecule has 1 N–H and O–H groups in total. The van der Waals surface area contributed by atoms with E-state index < -0.39 is 0 Å². The van der Waals surface area contributed by atoms with Gasteiger partial charge in [-0.15, -0.1) is 0 Å². The zero-order valence-corrected chi connectivity index (χ0v) is 17.4. The topological polar surface area (TPSA) is 69.0 Å². The lowest BCUT2D eigenvalue weighted by Crippen LogP contribution is -2.25. The van der Waals surface area contributed by atoms with Gasteiger partial charge in [0.05, 0.1) is 28.5 Å². The second kappa shape index (κ2) is 9.16. The van der Waals surface area contributed by atoms with E-state index in [0.717, 1.165) is 0 Å². The summed E-state index contributed by atoms with van der Waals surface area (Å²) < 4.78 is 20.2. The van der Waals surface area contributed by atoms with Crippen LogP contribution in [0.3, 0.4) is 0 Å². The van der Waals surface area contributed by atoms with Crippen LogP contribution in [-0.2, 0) is 6.54 Å². The highest BCUT2D eigenvalue weighted by atomic mass is 35.5. The summed E-state index contributed by atoms with van der Waals surface area (Å²) in [5, 5.41) is 3.55. The number of nitrogens with one attached hydrogen (secondary N) is 1. The maximum Gasteiger partial charge on any atom is 0.268 e. The van der Waals surface area contributed by atoms with Crippen LogP contribution in [-0.4, -0.2) is 20.4 Å². The quantitative estimate of drug-likeness (QED) is 0.419. The van der Waals surface area contributed by atoms with Crippen molar-refractivity contribution in [3.63, 3.8) is 0 Å². The molecule has 0 fully saturated rings. The third-order valence-electron chi connectivity index (χ3n) is 4.27. The summed E-state index contributed by atoms with van der Waals surface area (Å²) in [6, 6.07) is 14.1. The van der Waals surface area contributed by atoms with E-state index in [2.05, 4.69) is 15.3 Å². The molecule has 3 heterocycles. The monoisotopic (exact) mass is 456 g/mol. The van der Waals surface area contributed by atoms with Gasteiger partial charge in [-0.2, -0.15) is 0 Å². The lowest BCUT2D eigenvalue weighted by atomic mass is 10.3. The Labute approximate surface area is 187 Å². The molecule has 0 aliphatic heterocycles. The Morgan fingerprint density at radius 1 is 1.03 bits per heavy atom. The van der Waals surface area contributed by atoms with Crippen molar-refractivity contribution in [2.75, 3.05) is 0 Å². The number of nitrogens with zero attached hydrogens (tertiary/aromatic N) is 3. The van der Waals surface area contributed by atoms with Gasteiger partial charge in [0, 0.05) is 12.4 Å². The van der Waals surface area contributed by atoms with Crippen molar-refractivity contribution >= 4 is 29.1 Å². The Bertz CT molecular complexity index is 1210. The lowest BCUT2D eigenvalue weighted by Gasteiger charge is -2.11. The second-order valence-electron chi connectivity index (χ2n) is 6.45. The number of carbonyl (C=O) groups is 1. The third-order valence-corrected chi connectivity index (χ3v) is 4.76. The zero-order chi connectivity index (χ0) is 21.8. The Morgan fingerprint density at radius 3 is 2.52 bits per heavy atom. The van der Waals surface area contributed by atoms with Crippen LogP contribution in [0.15, 0.2) is 73.2 Å². The average Bonchev–Trinajstić information content (AvgIpc) is 3.24. The number of hydrogen-bond donors (Lipinski definition) is 1. The van der Waals surface area contributed by atoms with Gasteiger partial charge in [0.25, 0.3) is 5.91 Å². The van der Waals surface area contributed by atoms with Gasteiger partial charge in [0.2, 0.25) is 0 Å². The fourth-order valence-electron chi connectivity index (χ4n) is 2.81. The van der Waals surface area contributed by atoms with Crippen molar-refractivity contribution in [3.8, 4) is 17.3 Å². The lowest BCUT2D eigenvalue weighted by molar-refractivity contribution is 0.0943. The molecule has 0 saturated heterocycles. The van der Waals surface area contributed by atoms with Crippen molar-refractivity contribution in [3.05, 3.63) is 100 Å². The first-order valence-electron chi connectivity index (χ1n) is 9.15. The molecule has 0 atom stereocenters. The maximum atomic E-state index is 13.0. The predicted octanol–water partition coefficient (Wildman–Crippen LogP) is 5.44. The molecule has 0 aliphatic carbocycles. The van der Waals surface area contributed by atoms with Crippen molar-refractivity contribution in [2.45, 2.75) is 6.54 Å². The van der Waals surface area contributed by atoms with E-state index in [1.54, 1.807) is 41.1 Å². The summed E-state index contributed by atoms with van der Waals surface area (Å²) in [4.78, 5) is 21.2. The van der Waals surface area contributed by atoms with Gasteiger partial charge < -0.3 is 10.1 Å². The van der Waals surface area contributed by atoms with Crippen LogP contribution in [0.2, 0.25) is 10.0 Å². The Hall–Kier alpha value is -3.42. The maximum absolute atomic E-state index is 13.0. The molecule has 156 valence electrons. The van der Waals surface area contributed by atoms with E-state index in [1.807, 2.05) is 0 Å². The SMILES string of the molecule is O=C(NCc1ccc(Oc2ccc(F)cc2)cn1)c1cccn1-c1ncc(Cl)cc1Cl. The van der Waals surface area contributed by atoms with Crippen LogP contribution >= 0.6 is 23.2 Å². The van der Waals surface area contributed by atoms with Crippen LogP contribution in [0.5, 0.6) is 11.5 Å². The van der Waals surface area contributed by atoms with E-state index >= 15 is 0 Å². The van der Waals surface area contributed by atoms with E-state index in [0.29, 0.717) is 38.8 Å². The first-order chi connectivity index (χ1) is 15.0. The molecule has 1 aromatic carbocycles. The minimum Gasteiger partial charge on any atom is -0.456 e. The molecular weight excluding hydrogens is 442 g/mol. The molecule has 0 saturated carbocycles. The molecule has 3 aromatic heterocycles. The fourth-order valence-corrected chi connectivity index (χ4v) is 3.28. The number of carbonyl (C=O) groups excluding carboxylic acids is 1. The Kier molecular flexibility index (Phi) is 6.16. The largest absolute Gasteiger partial charge is 0.456 e. The fraction of sp³-hybridized carbons (Fsp3) is 0.0455. The van der Waals surface area contributed by atoms with Gasteiger partial charge in [-0.05, 0) is 54.6 Å². The van der Waals surface area contributed by atoms with Gasteiger partial charge in [0.15, 0.2) is 5.82 Å². The average molecular weight is 457 g/mol. The first-order valence-corrected chi connectivity index (χ1v) is 9.90. The molecule has 0 radical (unpaired) electrons. The molecule has 4 rings (SSSR count). The second-order valence-corrected chi connectivity index (χ2v) is 7.29. The molecule has 0 unspecified atom stereocenters. The van der Waals surface area contributed by atoms with Crippen molar-refractivity contribution in [1.29, 1.82) is 0 Å². The van der Waals surface area contributed by atoms with Gasteiger partial charge in [-0.25, -0.2) is 9.37 Å². The van der Waals surface area contributed by atoms with E-state index in [9.17, 15) is 9.18 Å². The third kappa shape index (κ3) is 5.02. The number of rotatable bonds is 6. The molecule has 6 nitrogen and oxygen atoms in total. The van der Waals surface area contributed by atoms with Gasteiger partial charge >= 0.3 is 0 Å². The zero-order valence-electron chi connectivity index (χ0n) is 15.9. The van der Waals surface area contributed by atoms with Gasteiger partial charge in [0.1, 0.15) is 23.0 Å². The van der Waals surface area contributed by atoms with Crippen LogP contribution < -0.4 is 10.1 Å². The Balaban J connectivity index is 1.40. The minimum atomic E-state index is -0.336. The summed E-state index contributed by atoms with van der Waals surface area (Å²) in [6.45, 7) is 0.211. The molecule has 0 bridgehead atoms. The molecule has 1 amide bonds. The number of ether oxygens (including phenoxy) is 1. The van der Waals surface area contributed by atoms with Crippen LogP contribution in [0.25, 0.3) is 5.82 Å². The van der Waals surface area contributed by atoms with Crippen molar-refractivity contribution in [2.24, 2.45) is 0 Å². The van der Waals surface area contributed by atoms with Gasteiger partial charge in [-0.1, -0.05) is 23.2 Å². The van der Waals surface area contributed by atoms with E-state index in [-0.39, 0.29) is 18.3 Å². The van der Waals surface area contributed by atoms with Crippen molar-refractivity contribution < 1.29 is 13.9 Å². The van der Waals surface area contributed by atoms with Crippen molar-refractivity contribution in [1.82, 2.24) is 19.9 Å². The van der Waals surface area contributed by atoms with Crippen LogP contribution in [0.1, 0.15) is 16.2 Å². The van der Waals surface area contributed by atoms with Crippen LogP contribution in [0, 0.1) is 5.82 Å². The number of amides is 1. The summed E-state index contributed by atoms with van der Waals surface area (Å²) in [6.07, 6.45) is 4.69. The van der Waals surface area contributed by atoms with E-state index in [4.69, 9.17) is 27.9 Å². The number of benzene rings is 1. The number of halogens is 3. The molecule has 9 heteroatoms. The molecular formula is C22H15Cl2FN4O2. The first kappa shape index (κ1) is 20.8. The van der Waals surface area contributed by atoms with E-state index in [1.165, 1.54) is 36.7 Å². The number of aromatic nitrogens is 3. The number of pyridine rings is 2. The molecule has 4 aromatic rings. The van der Waals surface area contributed by atoms with Crippen LogP contribution in [0.4, 0.5) is 4.39 Å². The minimum absolute atomic E-state index is 0.211. The number of hydrogen-bond acceptors (Lipinski definition) is 4. The highest BCUT2D eigenvalue weighted by molar-refractivity contribution is 6.35. The van der Waals surface area contributed by atoms with Gasteiger partial charge in [-0.3, -0.25) is 14.3 Å². The smallest absolute Gasteiger partial charge is 0.268 e. The molecule has 31 heavy (non-hydrogen) atoms.